The summed E-state index contributed by atoms with van der Waals surface area (Å²) in [6, 6.07) is 5.44. The molecule has 1 aliphatic rings. The second-order valence-electron chi connectivity index (χ2n) is 6.23. The number of hydrogen-bond donors (Lipinski definition) is 0. The van der Waals surface area contributed by atoms with Crippen molar-refractivity contribution >= 4 is 0 Å². The standard InChI is InChI=1S/C17H19FN2O2/c1-11(2)15-10-19(9-12-3-4-12)17(22)20(16(15)21)14-7-5-13(18)6-8-14/h5-8,10-12H,3-4,9H2,1-2H3. The molecule has 0 radical (unpaired) electrons. The van der Waals surface area contributed by atoms with Gasteiger partial charge in [-0.3, -0.25) is 9.36 Å². The van der Waals surface area contributed by atoms with E-state index < -0.39 is 5.82 Å². The molecule has 1 aromatic carbocycles. The maximum Gasteiger partial charge on any atom is 0.335 e. The Bertz CT molecular complexity index is 799. The van der Waals surface area contributed by atoms with E-state index in [4.69, 9.17) is 0 Å². The molecule has 0 bridgehead atoms. The fourth-order valence-electron chi connectivity index (χ4n) is 2.55. The minimum absolute atomic E-state index is 0.0188. The van der Waals surface area contributed by atoms with Gasteiger partial charge in [-0.1, -0.05) is 13.8 Å². The average Bonchev–Trinajstić information content (AvgIpc) is 3.28. The molecular weight excluding hydrogens is 283 g/mol. The molecule has 3 rings (SSSR count). The van der Waals surface area contributed by atoms with Crippen molar-refractivity contribution in [2.75, 3.05) is 0 Å². The van der Waals surface area contributed by atoms with Gasteiger partial charge in [0, 0.05) is 18.3 Å². The Balaban J connectivity index is 2.21. The van der Waals surface area contributed by atoms with Gasteiger partial charge in [-0.15, -0.1) is 0 Å². The summed E-state index contributed by atoms with van der Waals surface area (Å²) in [5, 5.41) is 0. The summed E-state index contributed by atoms with van der Waals surface area (Å²) in [7, 11) is 0. The third-order valence-electron chi connectivity index (χ3n) is 4.04. The van der Waals surface area contributed by atoms with Gasteiger partial charge in [-0.2, -0.15) is 0 Å². The Hall–Kier alpha value is -2.17. The highest BCUT2D eigenvalue weighted by molar-refractivity contribution is 5.33. The number of nitrogens with zero attached hydrogens (tertiary/aromatic N) is 2. The Labute approximate surface area is 127 Å². The van der Waals surface area contributed by atoms with Crippen molar-refractivity contribution in [2.45, 2.75) is 39.2 Å². The van der Waals surface area contributed by atoms with Crippen LogP contribution >= 0.6 is 0 Å². The topological polar surface area (TPSA) is 44.0 Å². The number of hydrogen-bond acceptors (Lipinski definition) is 2. The molecule has 1 saturated carbocycles. The van der Waals surface area contributed by atoms with E-state index in [9.17, 15) is 14.0 Å². The molecule has 116 valence electrons. The fraction of sp³-hybridized carbons (Fsp3) is 0.412. The van der Waals surface area contributed by atoms with Crippen LogP contribution in [0, 0.1) is 11.7 Å². The van der Waals surface area contributed by atoms with E-state index in [2.05, 4.69) is 0 Å². The maximum atomic E-state index is 13.1. The van der Waals surface area contributed by atoms with E-state index in [1.165, 1.54) is 24.3 Å². The Kier molecular flexibility index (Phi) is 3.72. The molecule has 1 heterocycles. The van der Waals surface area contributed by atoms with Crippen LogP contribution in [-0.2, 0) is 6.54 Å². The van der Waals surface area contributed by atoms with Gasteiger partial charge in [-0.25, -0.2) is 13.8 Å². The molecule has 2 aromatic rings. The van der Waals surface area contributed by atoms with E-state index in [0.717, 1.165) is 17.4 Å². The van der Waals surface area contributed by atoms with E-state index in [0.29, 0.717) is 23.7 Å². The Morgan fingerprint density at radius 2 is 1.82 bits per heavy atom. The fourth-order valence-corrected chi connectivity index (χ4v) is 2.55. The van der Waals surface area contributed by atoms with Crippen LogP contribution in [0.25, 0.3) is 5.69 Å². The molecule has 4 nitrogen and oxygen atoms in total. The van der Waals surface area contributed by atoms with Crippen LogP contribution in [0.5, 0.6) is 0 Å². The second kappa shape index (κ2) is 5.55. The van der Waals surface area contributed by atoms with Crippen LogP contribution in [0.4, 0.5) is 4.39 Å². The smallest absolute Gasteiger partial charge is 0.300 e. The quantitative estimate of drug-likeness (QED) is 0.871. The Morgan fingerprint density at radius 1 is 1.18 bits per heavy atom. The lowest BCUT2D eigenvalue weighted by Gasteiger charge is -2.14. The third kappa shape index (κ3) is 2.75. The second-order valence-corrected chi connectivity index (χ2v) is 6.23. The first-order valence-corrected chi connectivity index (χ1v) is 7.59. The van der Waals surface area contributed by atoms with Crippen molar-refractivity contribution in [3.05, 3.63) is 62.7 Å². The number of halogens is 1. The van der Waals surface area contributed by atoms with Crippen LogP contribution in [0.2, 0.25) is 0 Å². The minimum Gasteiger partial charge on any atom is -0.300 e. The lowest BCUT2D eigenvalue weighted by atomic mass is 10.1. The van der Waals surface area contributed by atoms with E-state index in [1.54, 1.807) is 10.8 Å². The van der Waals surface area contributed by atoms with Gasteiger partial charge in [-0.05, 0) is 48.9 Å². The first kappa shape index (κ1) is 14.8. The van der Waals surface area contributed by atoms with Crippen LogP contribution in [0.1, 0.15) is 38.2 Å². The zero-order valence-corrected chi connectivity index (χ0v) is 12.8. The summed E-state index contributed by atoms with van der Waals surface area (Å²) in [4.78, 5) is 25.3. The first-order valence-electron chi connectivity index (χ1n) is 7.59. The summed E-state index contributed by atoms with van der Waals surface area (Å²) in [6.45, 7) is 4.50. The van der Waals surface area contributed by atoms with Crippen LogP contribution in [0.3, 0.4) is 0 Å². The molecule has 0 aliphatic heterocycles. The summed E-state index contributed by atoms with van der Waals surface area (Å²) in [6.07, 6.45) is 3.94. The van der Waals surface area contributed by atoms with Gasteiger partial charge in [0.1, 0.15) is 5.82 Å². The molecule has 5 heteroatoms. The van der Waals surface area contributed by atoms with Crippen LogP contribution in [0.15, 0.2) is 40.1 Å². The van der Waals surface area contributed by atoms with E-state index >= 15 is 0 Å². The highest BCUT2D eigenvalue weighted by Gasteiger charge is 2.24. The van der Waals surface area contributed by atoms with Crippen molar-refractivity contribution < 1.29 is 4.39 Å². The number of rotatable bonds is 4. The molecule has 0 amide bonds. The van der Waals surface area contributed by atoms with Crippen molar-refractivity contribution in [1.29, 1.82) is 0 Å². The van der Waals surface area contributed by atoms with Gasteiger partial charge in [0.15, 0.2) is 0 Å². The molecule has 0 atom stereocenters. The highest BCUT2D eigenvalue weighted by atomic mass is 19.1. The van der Waals surface area contributed by atoms with Gasteiger partial charge in [0.05, 0.1) is 5.69 Å². The number of benzene rings is 1. The summed E-state index contributed by atoms with van der Waals surface area (Å²) in [5.41, 5.74) is 0.333. The Morgan fingerprint density at radius 3 is 2.36 bits per heavy atom. The van der Waals surface area contributed by atoms with Crippen LogP contribution in [-0.4, -0.2) is 9.13 Å². The SMILES string of the molecule is CC(C)c1cn(CC2CC2)c(=O)n(-c2ccc(F)cc2)c1=O. The largest absolute Gasteiger partial charge is 0.335 e. The normalized spacial score (nSPS) is 14.5. The predicted octanol–water partition coefficient (Wildman–Crippen LogP) is 2.67. The lowest BCUT2D eigenvalue weighted by molar-refractivity contribution is 0.562. The third-order valence-corrected chi connectivity index (χ3v) is 4.04. The van der Waals surface area contributed by atoms with Gasteiger partial charge >= 0.3 is 5.69 Å². The number of aromatic nitrogens is 2. The maximum absolute atomic E-state index is 13.1. The van der Waals surface area contributed by atoms with Gasteiger partial charge < -0.3 is 0 Å². The molecule has 1 aliphatic carbocycles. The molecule has 0 unspecified atom stereocenters. The lowest BCUT2D eigenvalue weighted by Crippen LogP contribution is -2.40. The van der Waals surface area contributed by atoms with Crippen molar-refractivity contribution in [3.63, 3.8) is 0 Å². The monoisotopic (exact) mass is 302 g/mol. The predicted molar refractivity (Wildman–Crippen MR) is 83.1 cm³/mol. The minimum atomic E-state index is -0.393. The molecular formula is C17H19FN2O2. The highest BCUT2D eigenvalue weighted by Crippen LogP contribution is 2.30. The van der Waals surface area contributed by atoms with E-state index in [1.807, 2.05) is 13.8 Å². The van der Waals surface area contributed by atoms with E-state index in [-0.39, 0.29) is 17.2 Å². The van der Waals surface area contributed by atoms with Crippen molar-refractivity contribution in [3.8, 4) is 5.69 Å². The van der Waals surface area contributed by atoms with Gasteiger partial charge in [0.25, 0.3) is 5.56 Å². The molecule has 1 aromatic heterocycles. The molecule has 0 saturated heterocycles. The zero-order valence-electron chi connectivity index (χ0n) is 12.8. The molecule has 0 N–H and O–H groups in total. The van der Waals surface area contributed by atoms with Crippen molar-refractivity contribution in [2.24, 2.45) is 5.92 Å². The molecule has 22 heavy (non-hydrogen) atoms. The summed E-state index contributed by atoms with van der Waals surface area (Å²) < 4.78 is 15.9. The zero-order chi connectivity index (χ0) is 15.9. The van der Waals surface area contributed by atoms with Crippen LogP contribution < -0.4 is 11.2 Å². The van der Waals surface area contributed by atoms with Crippen molar-refractivity contribution in [1.82, 2.24) is 9.13 Å². The average molecular weight is 302 g/mol. The first-order chi connectivity index (χ1) is 10.5. The van der Waals surface area contributed by atoms with Gasteiger partial charge in [0.2, 0.25) is 0 Å². The summed E-state index contributed by atoms with van der Waals surface area (Å²) in [5.74, 6) is 0.150. The molecule has 0 spiro atoms. The summed E-state index contributed by atoms with van der Waals surface area (Å²) >= 11 is 0. The molecule has 1 fully saturated rings.